The fourth-order valence-corrected chi connectivity index (χ4v) is 2.93. The molecule has 0 spiro atoms. The van der Waals surface area contributed by atoms with Crippen LogP contribution in [0.25, 0.3) is 0 Å². The van der Waals surface area contributed by atoms with Crippen LogP contribution in [0.1, 0.15) is 25.8 Å². The predicted octanol–water partition coefficient (Wildman–Crippen LogP) is 2.56. The molecule has 1 aliphatic heterocycles. The molecule has 1 amide bonds. The highest BCUT2D eigenvalue weighted by molar-refractivity contribution is 5.86. The second-order valence-corrected chi connectivity index (χ2v) is 6.90. The molecule has 1 heterocycles. The number of benzene rings is 1. The van der Waals surface area contributed by atoms with Crippen molar-refractivity contribution in [2.24, 2.45) is 11.7 Å². The van der Waals surface area contributed by atoms with E-state index in [4.69, 9.17) is 5.73 Å². The summed E-state index contributed by atoms with van der Waals surface area (Å²) < 4.78 is 0. The van der Waals surface area contributed by atoms with E-state index in [-0.39, 0.29) is 55.1 Å². The Kier molecular flexibility index (Phi) is 16.3. The first-order valence-corrected chi connectivity index (χ1v) is 9.08. The Morgan fingerprint density at radius 2 is 1.59 bits per heavy atom. The molecule has 1 aromatic carbocycles. The Hall–Kier alpha value is -0.560. The van der Waals surface area contributed by atoms with E-state index in [0.717, 1.165) is 52.2 Å². The molecule has 2 atom stereocenters. The zero-order chi connectivity index (χ0) is 17.4. The number of carbonyl (C=O) groups excluding carboxylic acids is 1. The topological polar surface area (TPSA) is 61.6 Å². The summed E-state index contributed by atoms with van der Waals surface area (Å²) in [6.45, 7) is 11.0. The summed E-state index contributed by atoms with van der Waals surface area (Å²) >= 11 is 0. The van der Waals surface area contributed by atoms with Gasteiger partial charge in [-0.3, -0.25) is 9.69 Å². The summed E-state index contributed by atoms with van der Waals surface area (Å²) in [5, 5.41) is 2.99. The molecule has 158 valence electrons. The van der Waals surface area contributed by atoms with Crippen molar-refractivity contribution in [3.63, 3.8) is 0 Å². The third-order valence-electron chi connectivity index (χ3n) is 4.87. The van der Waals surface area contributed by atoms with Gasteiger partial charge < -0.3 is 16.0 Å². The van der Waals surface area contributed by atoms with Crippen molar-refractivity contribution in [2.75, 3.05) is 39.3 Å². The zero-order valence-corrected chi connectivity index (χ0v) is 18.8. The van der Waals surface area contributed by atoms with Crippen molar-refractivity contribution in [2.45, 2.75) is 32.9 Å². The van der Waals surface area contributed by atoms with E-state index in [2.05, 4.69) is 45.4 Å². The van der Waals surface area contributed by atoms with E-state index in [1.54, 1.807) is 0 Å². The molecule has 2 unspecified atom stereocenters. The van der Waals surface area contributed by atoms with Gasteiger partial charge in [-0.2, -0.15) is 0 Å². The number of halogens is 3. The summed E-state index contributed by atoms with van der Waals surface area (Å²) in [4.78, 5) is 16.8. The third-order valence-corrected chi connectivity index (χ3v) is 4.87. The molecule has 0 saturated carbocycles. The van der Waals surface area contributed by atoms with E-state index in [0.29, 0.717) is 0 Å². The summed E-state index contributed by atoms with van der Waals surface area (Å²) in [5.41, 5.74) is 7.14. The predicted molar refractivity (Wildman–Crippen MR) is 120 cm³/mol. The molecule has 2 rings (SSSR count). The van der Waals surface area contributed by atoms with Crippen molar-refractivity contribution in [3.8, 4) is 0 Å². The molecule has 1 fully saturated rings. The number of piperazine rings is 1. The number of carbonyl (C=O) groups is 1. The average molecular weight is 442 g/mol. The van der Waals surface area contributed by atoms with Crippen molar-refractivity contribution in [1.82, 2.24) is 15.1 Å². The first-order valence-electron chi connectivity index (χ1n) is 9.08. The van der Waals surface area contributed by atoms with Gasteiger partial charge in [0.25, 0.3) is 0 Å². The molecule has 3 N–H and O–H groups in total. The minimum atomic E-state index is -0.119. The number of hydrogen-bond acceptors (Lipinski definition) is 4. The smallest absolute Gasteiger partial charge is 0.224 e. The highest BCUT2D eigenvalue weighted by Gasteiger charge is 2.18. The number of rotatable bonds is 8. The van der Waals surface area contributed by atoms with E-state index in [1.165, 1.54) is 5.56 Å². The summed E-state index contributed by atoms with van der Waals surface area (Å²) in [5.74, 6) is -0.0517. The third kappa shape index (κ3) is 10.5. The molecular weight excluding hydrogens is 407 g/mol. The lowest BCUT2D eigenvalue weighted by Crippen LogP contribution is -2.46. The van der Waals surface area contributed by atoms with E-state index in [9.17, 15) is 4.79 Å². The van der Waals surface area contributed by atoms with Crippen LogP contribution in [0, 0.1) is 5.92 Å². The Morgan fingerprint density at radius 1 is 1.04 bits per heavy atom. The first-order chi connectivity index (χ1) is 11.6. The maximum atomic E-state index is 11.8. The summed E-state index contributed by atoms with van der Waals surface area (Å²) in [7, 11) is 0. The second kappa shape index (κ2) is 15.4. The Bertz CT molecular complexity index is 497. The average Bonchev–Trinajstić information content (AvgIpc) is 2.60. The second-order valence-electron chi connectivity index (χ2n) is 6.90. The maximum absolute atomic E-state index is 11.8. The van der Waals surface area contributed by atoms with Crippen molar-refractivity contribution in [3.05, 3.63) is 35.9 Å². The van der Waals surface area contributed by atoms with Gasteiger partial charge in [0.2, 0.25) is 5.91 Å². The van der Waals surface area contributed by atoms with Crippen LogP contribution in [0.2, 0.25) is 0 Å². The number of amides is 1. The molecule has 0 radical (unpaired) electrons. The van der Waals surface area contributed by atoms with E-state index in [1.807, 2.05) is 13.8 Å². The number of nitrogens with one attached hydrogen (secondary N) is 1. The van der Waals surface area contributed by atoms with Crippen LogP contribution in [0.15, 0.2) is 30.3 Å². The first kappa shape index (κ1) is 28.6. The fraction of sp³-hybridized carbons (Fsp3) is 0.632. The number of nitrogens with two attached hydrogens (primary N) is 1. The molecule has 0 aromatic heterocycles. The quantitative estimate of drug-likeness (QED) is 0.609. The maximum Gasteiger partial charge on any atom is 0.224 e. The van der Waals surface area contributed by atoms with E-state index < -0.39 is 0 Å². The number of hydrogen-bond donors (Lipinski definition) is 2. The van der Waals surface area contributed by atoms with E-state index >= 15 is 0 Å². The van der Waals surface area contributed by atoms with Gasteiger partial charge in [-0.25, -0.2) is 0 Å². The van der Waals surface area contributed by atoms with Gasteiger partial charge in [0.1, 0.15) is 0 Å². The Balaban J connectivity index is 0. The minimum Gasteiger partial charge on any atom is -0.356 e. The van der Waals surface area contributed by atoms with Crippen LogP contribution in [0.4, 0.5) is 0 Å². The van der Waals surface area contributed by atoms with Gasteiger partial charge in [0.15, 0.2) is 0 Å². The molecule has 0 bridgehead atoms. The largest absolute Gasteiger partial charge is 0.356 e. The normalized spacial score (nSPS) is 16.9. The monoisotopic (exact) mass is 440 g/mol. The van der Waals surface area contributed by atoms with Crippen LogP contribution in [0.3, 0.4) is 0 Å². The fourth-order valence-electron chi connectivity index (χ4n) is 2.93. The molecule has 1 aromatic rings. The minimum absolute atomic E-state index is 0. The highest BCUT2D eigenvalue weighted by Crippen LogP contribution is 2.08. The summed E-state index contributed by atoms with van der Waals surface area (Å²) in [6.07, 6.45) is 0.996. The van der Waals surface area contributed by atoms with Crippen LogP contribution in [-0.2, 0) is 11.3 Å². The molecule has 0 aliphatic carbocycles. The zero-order valence-electron chi connectivity index (χ0n) is 16.3. The standard InChI is InChI=1S/C19H32N4O.3ClH/c1-16(17(2)20)19(24)21-9-6-10-22-11-13-23(14-12-22)15-18-7-4-3-5-8-18;;;/h3-5,7-8,16-17H,6,9-15,20H2,1-2H3,(H,21,24);3*1H. The van der Waals surface area contributed by atoms with Crippen LogP contribution in [-0.4, -0.2) is 61.0 Å². The molecule has 5 nitrogen and oxygen atoms in total. The van der Waals surface area contributed by atoms with Crippen LogP contribution < -0.4 is 11.1 Å². The Morgan fingerprint density at radius 3 is 2.15 bits per heavy atom. The molecule has 1 aliphatic rings. The van der Waals surface area contributed by atoms with Crippen molar-refractivity contribution < 1.29 is 4.79 Å². The molecule has 8 heteroatoms. The molecule has 27 heavy (non-hydrogen) atoms. The lowest BCUT2D eigenvalue weighted by Gasteiger charge is -2.34. The SMILES string of the molecule is CC(N)C(C)C(=O)NCCCN1CCN(Cc2ccccc2)CC1.Cl.Cl.Cl. The number of nitrogens with zero attached hydrogens (tertiary/aromatic N) is 2. The highest BCUT2D eigenvalue weighted by atomic mass is 35.5. The van der Waals surface area contributed by atoms with Gasteiger partial charge in [0, 0.05) is 51.2 Å². The lowest BCUT2D eigenvalue weighted by molar-refractivity contribution is -0.124. The summed E-state index contributed by atoms with van der Waals surface area (Å²) in [6, 6.07) is 10.6. The van der Waals surface area contributed by atoms with Gasteiger partial charge >= 0.3 is 0 Å². The van der Waals surface area contributed by atoms with Gasteiger partial charge in [-0.1, -0.05) is 37.3 Å². The Labute approximate surface area is 182 Å². The van der Waals surface area contributed by atoms with Gasteiger partial charge in [-0.15, -0.1) is 37.2 Å². The van der Waals surface area contributed by atoms with Crippen LogP contribution >= 0.6 is 37.2 Å². The van der Waals surface area contributed by atoms with Crippen LogP contribution in [0.5, 0.6) is 0 Å². The van der Waals surface area contributed by atoms with Gasteiger partial charge in [-0.05, 0) is 25.5 Å². The molecule has 1 saturated heterocycles. The van der Waals surface area contributed by atoms with Gasteiger partial charge in [0.05, 0.1) is 0 Å². The molecular formula is C19H35Cl3N4O. The van der Waals surface area contributed by atoms with Crippen molar-refractivity contribution >= 4 is 43.1 Å². The van der Waals surface area contributed by atoms with Crippen molar-refractivity contribution in [1.29, 1.82) is 0 Å². The lowest BCUT2D eigenvalue weighted by atomic mass is 10.0.